The van der Waals surface area contributed by atoms with Gasteiger partial charge < -0.3 is 4.90 Å². The Hall–Kier alpha value is -0.770. The van der Waals surface area contributed by atoms with Crippen molar-refractivity contribution >= 4 is 18.4 Å². The fourth-order valence-electron chi connectivity index (χ4n) is 1.62. The second-order valence-electron chi connectivity index (χ2n) is 3.32. The summed E-state index contributed by atoms with van der Waals surface area (Å²) in [6.07, 6.45) is 5.53. The van der Waals surface area contributed by atoms with E-state index in [-0.39, 0.29) is 0 Å². The van der Waals surface area contributed by atoms with Crippen molar-refractivity contribution in [3.63, 3.8) is 0 Å². The third-order valence-electron chi connectivity index (χ3n) is 2.31. The summed E-state index contributed by atoms with van der Waals surface area (Å²) in [7, 11) is 0. The minimum Gasteiger partial charge on any atom is -0.355 e. The molecule has 0 spiro atoms. The second-order valence-corrected chi connectivity index (χ2v) is 3.84. The first-order valence-corrected chi connectivity index (χ1v) is 5.07. The number of anilines is 1. The Labute approximate surface area is 83.6 Å². The number of thiol groups is 1. The summed E-state index contributed by atoms with van der Waals surface area (Å²) in [5.41, 5.74) is 0. The molecule has 1 aliphatic rings. The highest BCUT2D eigenvalue weighted by molar-refractivity contribution is 7.80. The highest BCUT2D eigenvalue weighted by atomic mass is 32.1. The van der Waals surface area contributed by atoms with Crippen LogP contribution >= 0.6 is 12.6 Å². The summed E-state index contributed by atoms with van der Waals surface area (Å²) < 4.78 is 0. The quantitative estimate of drug-likeness (QED) is 0.692. The van der Waals surface area contributed by atoms with Crippen molar-refractivity contribution in [1.29, 1.82) is 0 Å². The first kappa shape index (κ1) is 8.81. The normalized spacial score (nSPS) is 17.5. The fourth-order valence-corrected chi connectivity index (χ4v) is 1.79. The minimum atomic E-state index is 0.885. The number of piperidine rings is 1. The van der Waals surface area contributed by atoms with Gasteiger partial charge in [0.2, 0.25) is 0 Å². The average molecular weight is 195 g/mol. The van der Waals surface area contributed by atoms with Gasteiger partial charge in [-0.1, -0.05) is 0 Å². The van der Waals surface area contributed by atoms with E-state index in [4.69, 9.17) is 0 Å². The van der Waals surface area contributed by atoms with Gasteiger partial charge in [0.1, 0.15) is 0 Å². The summed E-state index contributed by atoms with van der Waals surface area (Å²) >= 11 is 4.24. The molecule has 1 aromatic heterocycles. The van der Waals surface area contributed by atoms with Crippen molar-refractivity contribution in [2.75, 3.05) is 18.0 Å². The molecule has 1 fully saturated rings. The van der Waals surface area contributed by atoms with E-state index >= 15 is 0 Å². The van der Waals surface area contributed by atoms with Crippen LogP contribution in [0.3, 0.4) is 0 Å². The monoisotopic (exact) mass is 195 g/mol. The Kier molecular flexibility index (Phi) is 2.68. The standard InChI is InChI=1S/C9H13N3S/c13-8-6-9(11-10-7-8)12-4-2-1-3-5-12/h6-7H,1-5H2,(H,11,13). The molecule has 0 N–H and O–H groups in total. The van der Waals surface area contributed by atoms with Gasteiger partial charge in [-0.05, 0) is 25.3 Å². The zero-order valence-electron chi connectivity index (χ0n) is 7.48. The van der Waals surface area contributed by atoms with Crippen LogP contribution < -0.4 is 4.90 Å². The van der Waals surface area contributed by atoms with E-state index in [0.29, 0.717) is 0 Å². The lowest BCUT2D eigenvalue weighted by Crippen LogP contribution is -2.30. The molecule has 0 bridgehead atoms. The summed E-state index contributed by atoms with van der Waals surface area (Å²) in [6, 6.07) is 1.97. The van der Waals surface area contributed by atoms with Gasteiger partial charge in [-0.25, -0.2) is 0 Å². The molecule has 70 valence electrons. The number of aromatic nitrogens is 2. The first-order chi connectivity index (χ1) is 6.36. The molecular formula is C9H13N3S. The van der Waals surface area contributed by atoms with E-state index < -0.39 is 0 Å². The lowest BCUT2D eigenvalue weighted by atomic mass is 10.1. The Morgan fingerprint density at radius 3 is 2.69 bits per heavy atom. The molecule has 2 rings (SSSR count). The highest BCUT2D eigenvalue weighted by Crippen LogP contribution is 2.18. The molecule has 13 heavy (non-hydrogen) atoms. The van der Waals surface area contributed by atoms with E-state index in [9.17, 15) is 0 Å². The predicted molar refractivity (Wildman–Crippen MR) is 55.3 cm³/mol. The Balaban J connectivity index is 2.14. The summed E-state index contributed by atoms with van der Waals surface area (Å²) in [6.45, 7) is 2.21. The van der Waals surface area contributed by atoms with Crippen LogP contribution in [0.25, 0.3) is 0 Å². The molecule has 3 nitrogen and oxygen atoms in total. The average Bonchev–Trinajstić information content (AvgIpc) is 2.19. The van der Waals surface area contributed by atoms with Crippen LogP contribution in [0, 0.1) is 0 Å². The first-order valence-electron chi connectivity index (χ1n) is 4.63. The van der Waals surface area contributed by atoms with Gasteiger partial charge in [-0.15, -0.1) is 17.7 Å². The minimum absolute atomic E-state index is 0.885. The maximum Gasteiger partial charge on any atom is 0.152 e. The highest BCUT2D eigenvalue weighted by Gasteiger charge is 2.11. The van der Waals surface area contributed by atoms with Crippen LogP contribution in [0.2, 0.25) is 0 Å². The van der Waals surface area contributed by atoms with Gasteiger partial charge in [0.05, 0.1) is 6.20 Å². The molecule has 0 saturated carbocycles. The van der Waals surface area contributed by atoms with Crippen molar-refractivity contribution in [2.24, 2.45) is 0 Å². The number of rotatable bonds is 1. The molecule has 0 radical (unpaired) electrons. The molecule has 2 heterocycles. The van der Waals surface area contributed by atoms with Crippen LogP contribution in [-0.2, 0) is 0 Å². The Morgan fingerprint density at radius 1 is 1.23 bits per heavy atom. The molecule has 0 amide bonds. The maximum absolute atomic E-state index is 4.24. The van der Waals surface area contributed by atoms with E-state index in [1.807, 2.05) is 6.07 Å². The molecule has 1 aliphatic heterocycles. The summed E-state index contributed by atoms with van der Waals surface area (Å²) in [5, 5.41) is 7.98. The Bertz CT molecular complexity index is 284. The molecule has 4 heteroatoms. The largest absolute Gasteiger partial charge is 0.355 e. The van der Waals surface area contributed by atoms with E-state index in [0.717, 1.165) is 23.8 Å². The van der Waals surface area contributed by atoms with Crippen LogP contribution in [0.5, 0.6) is 0 Å². The zero-order valence-corrected chi connectivity index (χ0v) is 8.37. The van der Waals surface area contributed by atoms with E-state index in [2.05, 4.69) is 27.7 Å². The van der Waals surface area contributed by atoms with Gasteiger partial charge >= 0.3 is 0 Å². The van der Waals surface area contributed by atoms with E-state index in [1.54, 1.807) is 6.20 Å². The zero-order chi connectivity index (χ0) is 9.10. The topological polar surface area (TPSA) is 29.0 Å². The lowest BCUT2D eigenvalue weighted by molar-refractivity contribution is 0.570. The summed E-state index contributed by atoms with van der Waals surface area (Å²) in [5.74, 6) is 0.965. The van der Waals surface area contributed by atoms with Gasteiger partial charge in [0, 0.05) is 18.0 Å². The molecule has 1 aromatic rings. The molecule has 1 saturated heterocycles. The fraction of sp³-hybridized carbons (Fsp3) is 0.556. The van der Waals surface area contributed by atoms with Crippen molar-refractivity contribution < 1.29 is 0 Å². The molecular weight excluding hydrogens is 182 g/mol. The number of hydrogen-bond acceptors (Lipinski definition) is 4. The SMILES string of the molecule is Sc1cnnc(N2CCCCC2)c1. The maximum atomic E-state index is 4.24. The van der Waals surface area contributed by atoms with Gasteiger partial charge in [0.25, 0.3) is 0 Å². The smallest absolute Gasteiger partial charge is 0.152 e. The lowest BCUT2D eigenvalue weighted by Gasteiger charge is -2.27. The van der Waals surface area contributed by atoms with Crippen LogP contribution in [-0.4, -0.2) is 23.3 Å². The van der Waals surface area contributed by atoms with E-state index in [1.165, 1.54) is 19.3 Å². The van der Waals surface area contributed by atoms with Gasteiger partial charge in [-0.2, -0.15) is 5.10 Å². The van der Waals surface area contributed by atoms with Crippen LogP contribution in [0.1, 0.15) is 19.3 Å². The molecule has 0 aromatic carbocycles. The number of hydrogen-bond donors (Lipinski definition) is 1. The molecule has 0 atom stereocenters. The van der Waals surface area contributed by atoms with Gasteiger partial charge in [0.15, 0.2) is 5.82 Å². The van der Waals surface area contributed by atoms with Crippen LogP contribution in [0.4, 0.5) is 5.82 Å². The molecule has 0 aliphatic carbocycles. The third-order valence-corrected chi connectivity index (χ3v) is 2.55. The van der Waals surface area contributed by atoms with Crippen LogP contribution in [0.15, 0.2) is 17.2 Å². The van der Waals surface area contributed by atoms with Crippen molar-refractivity contribution in [3.8, 4) is 0 Å². The van der Waals surface area contributed by atoms with Crippen molar-refractivity contribution in [1.82, 2.24) is 10.2 Å². The summed E-state index contributed by atoms with van der Waals surface area (Å²) in [4.78, 5) is 3.16. The Morgan fingerprint density at radius 2 is 2.00 bits per heavy atom. The van der Waals surface area contributed by atoms with Gasteiger partial charge in [-0.3, -0.25) is 0 Å². The predicted octanol–water partition coefficient (Wildman–Crippen LogP) is 1.76. The van der Waals surface area contributed by atoms with Crippen molar-refractivity contribution in [3.05, 3.63) is 12.3 Å². The number of nitrogens with zero attached hydrogens (tertiary/aromatic N) is 3. The molecule has 0 unspecified atom stereocenters. The third kappa shape index (κ3) is 2.12. The second kappa shape index (κ2) is 3.96. The van der Waals surface area contributed by atoms with Crippen molar-refractivity contribution in [2.45, 2.75) is 24.2 Å².